The largest absolute Gasteiger partial charge is 0.352 e. The Kier molecular flexibility index (Phi) is 10.9. The monoisotopic (exact) mass is 648 g/mol. The fraction of sp³-hybridized carbons (Fsp3) is 0.212. The van der Waals surface area contributed by atoms with E-state index in [4.69, 9.17) is 11.6 Å². The molecule has 4 aromatic carbocycles. The molecule has 0 aliphatic rings. The highest BCUT2D eigenvalue weighted by Gasteiger charge is 2.35. The third-order valence-electron chi connectivity index (χ3n) is 6.91. The molecule has 0 saturated heterocycles. The van der Waals surface area contributed by atoms with Gasteiger partial charge in [-0.1, -0.05) is 78.3 Å². The molecule has 0 aliphatic carbocycles. The lowest BCUT2D eigenvalue weighted by Crippen LogP contribution is -2.54. The number of rotatable bonds is 13. The van der Waals surface area contributed by atoms with E-state index in [9.17, 15) is 28.1 Å². The highest BCUT2D eigenvalue weighted by molar-refractivity contribution is 7.92. The van der Waals surface area contributed by atoms with E-state index < -0.39 is 39.3 Å². The molecule has 0 aromatic heterocycles. The van der Waals surface area contributed by atoms with E-state index in [0.717, 1.165) is 15.9 Å². The van der Waals surface area contributed by atoms with Crippen LogP contribution in [0.5, 0.6) is 0 Å². The predicted molar refractivity (Wildman–Crippen MR) is 173 cm³/mol. The molecule has 4 rings (SSSR count). The average Bonchev–Trinajstić information content (AvgIpc) is 3.02. The topological polar surface area (TPSA) is 130 Å². The van der Waals surface area contributed by atoms with Gasteiger partial charge in [0.2, 0.25) is 11.8 Å². The van der Waals surface area contributed by atoms with Gasteiger partial charge in [0, 0.05) is 36.2 Å². The Hall–Kier alpha value is -4.74. The van der Waals surface area contributed by atoms with Crippen molar-refractivity contribution in [2.75, 3.05) is 10.8 Å². The minimum Gasteiger partial charge on any atom is -0.352 e. The summed E-state index contributed by atoms with van der Waals surface area (Å²) in [6.45, 7) is 2.85. The molecular weight excluding hydrogens is 616 g/mol. The van der Waals surface area contributed by atoms with Crippen molar-refractivity contribution in [2.45, 2.75) is 43.8 Å². The number of sulfonamides is 1. The van der Waals surface area contributed by atoms with Gasteiger partial charge in [-0.3, -0.25) is 24.0 Å². The van der Waals surface area contributed by atoms with Gasteiger partial charge in [-0.05, 0) is 55.3 Å². The number of nitrogens with zero attached hydrogens (tertiary/aromatic N) is 3. The second-order valence-corrected chi connectivity index (χ2v) is 12.9. The van der Waals surface area contributed by atoms with Crippen molar-refractivity contribution in [3.63, 3.8) is 0 Å². The molecule has 0 radical (unpaired) electrons. The lowest BCUT2D eigenvalue weighted by Gasteiger charge is -2.34. The number of amides is 2. The maximum atomic E-state index is 14.4. The van der Waals surface area contributed by atoms with Gasteiger partial charge < -0.3 is 10.2 Å². The maximum absolute atomic E-state index is 14.4. The fourth-order valence-corrected chi connectivity index (χ4v) is 6.28. The fourth-order valence-electron chi connectivity index (χ4n) is 4.73. The van der Waals surface area contributed by atoms with Gasteiger partial charge in [-0.2, -0.15) is 0 Å². The molecule has 12 heteroatoms. The number of halogens is 1. The summed E-state index contributed by atoms with van der Waals surface area (Å²) in [4.78, 5) is 40.3. The third kappa shape index (κ3) is 8.68. The molecule has 4 aromatic rings. The van der Waals surface area contributed by atoms with Crippen LogP contribution in [-0.2, 0) is 32.6 Å². The molecule has 2 amide bonds. The summed E-state index contributed by atoms with van der Waals surface area (Å²) in [6.07, 6.45) is 0.154. The number of nitro benzene ring substituents is 1. The Morgan fingerprint density at radius 3 is 2.09 bits per heavy atom. The van der Waals surface area contributed by atoms with Gasteiger partial charge in [0.25, 0.3) is 15.7 Å². The SMILES string of the molecule is CC(C)NC(=O)C(Cc1ccccc1)N(Cc1ccc(Cl)cc1)C(=O)CN(c1cccc([N+](=O)[O-])c1)S(=O)(=O)c1ccccc1. The van der Waals surface area contributed by atoms with E-state index >= 15 is 0 Å². The zero-order chi connectivity index (χ0) is 32.6. The van der Waals surface area contributed by atoms with Gasteiger partial charge in [0.1, 0.15) is 12.6 Å². The van der Waals surface area contributed by atoms with Crippen molar-refractivity contribution in [1.82, 2.24) is 10.2 Å². The average molecular weight is 649 g/mol. The van der Waals surface area contributed by atoms with Crippen molar-refractivity contribution in [2.24, 2.45) is 0 Å². The smallest absolute Gasteiger partial charge is 0.271 e. The molecular formula is C33H33ClN4O6S. The summed E-state index contributed by atoms with van der Waals surface area (Å²) in [7, 11) is -4.38. The van der Waals surface area contributed by atoms with Gasteiger partial charge in [-0.25, -0.2) is 8.42 Å². The van der Waals surface area contributed by atoms with Crippen LogP contribution in [0.1, 0.15) is 25.0 Å². The van der Waals surface area contributed by atoms with E-state index in [0.29, 0.717) is 10.6 Å². The molecule has 10 nitrogen and oxygen atoms in total. The maximum Gasteiger partial charge on any atom is 0.271 e. The quantitative estimate of drug-likeness (QED) is 0.148. The van der Waals surface area contributed by atoms with Gasteiger partial charge in [0.05, 0.1) is 15.5 Å². The van der Waals surface area contributed by atoms with Crippen LogP contribution in [-0.4, -0.2) is 48.7 Å². The van der Waals surface area contributed by atoms with Gasteiger partial charge in [-0.15, -0.1) is 0 Å². The van der Waals surface area contributed by atoms with Gasteiger partial charge >= 0.3 is 0 Å². The summed E-state index contributed by atoms with van der Waals surface area (Å²) in [6, 6.07) is 27.3. The van der Waals surface area contributed by atoms with Crippen molar-refractivity contribution in [3.05, 3.63) is 135 Å². The highest BCUT2D eigenvalue weighted by atomic mass is 35.5. The lowest BCUT2D eigenvalue weighted by molar-refractivity contribution is -0.384. The molecule has 1 atom stereocenters. The summed E-state index contributed by atoms with van der Waals surface area (Å²) >= 11 is 6.10. The van der Waals surface area contributed by atoms with E-state index in [1.807, 2.05) is 30.3 Å². The number of anilines is 1. The van der Waals surface area contributed by atoms with Crippen LogP contribution < -0.4 is 9.62 Å². The number of carbonyl (C=O) groups excluding carboxylic acids is 2. The van der Waals surface area contributed by atoms with Crippen molar-refractivity contribution in [3.8, 4) is 0 Å². The van der Waals surface area contributed by atoms with E-state index in [2.05, 4.69) is 5.32 Å². The second kappa shape index (κ2) is 14.8. The number of non-ortho nitro benzene ring substituents is 1. The van der Waals surface area contributed by atoms with Crippen LogP contribution in [0.15, 0.2) is 114 Å². The van der Waals surface area contributed by atoms with Crippen LogP contribution in [0.4, 0.5) is 11.4 Å². The van der Waals surface area contributed by atoms with E-state index in [1.165, 1.54) is 35.2 Å². The van der Waals surface area contributed by atoms with Gasteiger partial charge in [0.15, 0.2) is 0 Å². The third-order valence-corrected chi connectivity index (χ3v) is 8.95. The molecule has 0 heterocycles. The predicted octanol–water partition coefficient (Wildman–Crippen LogP) is 5.61. The Morgan fingerprint density at radius 2 is 1.49 bits per heavy atom. The summed E-state index contributed by atoms with van der Waals surface area (Å²) < 4.78 is 28.8. The number of hydrogen-bond acceptors (Lipinski definition) is 6. The zero-order valence-electron chi connectivity index (χ0n) is 24.7. The van der Waals surface area contributed by atoms with Crippen LogP contribution >= 0.6 is 11.6 Å². The first-order valence-electron chi connectivity index (χ1n) is 14.2. The standard InChI is InChI=1S/C33H33ClN4O6S/c1-24(2)35-33(40)31(20-25-10-5-3-6-11-25)36(22-26-16-18-27(34)19-17-26)32(39)23-37(28-12-9-13-29(21-28)38(41)42)45(43,44)30-14-7-4-8-15-30/h3-19,21,24,31H,20,22-23H2,1-2H3,(H,35,40). The summed E-state index contributed by atoms with van der Waals surface area (Å²) in [5.74, 6) is -1.10. The van der Waals surface area contributed by atoms with Crippen LogP contribution in [0.3, 0.4) is 0 Å². The number of nitrogens with one attached hydrogen (secondary N) is 1. The molecule has 0 spiro atoms. The molecule has 0 aliphatic heterocycles. The number of benzene rings is 4. The van der Waals surface area contributed by atoms with Crippen molar-refractivity contribution < 1.29 is 22.9 Å². The Labute approximate surface area is 267 Å². The number of nitro groups is 1. The first-order valence-corrected chi connectivity index (χ1v) is 16.0. The second-order valence-electron chi connectivity index (χ2n) is 10.6. The molecule has 0 saturated carbocycles. The molecule has 1 unspecified atom stereocenters. The van der Waals surface area contributed by atoms with Crippen LogP contribution in [0.2, 0.25) is 5.02 Å². The number of carbonyl (C=O) groups is 2. The van der Waals surface area contributed by atoms with Crippen molar-refractivity contribution in [1.29, 1.82) is 0 Å². The minimum absolute atomic E-state index is 0.0345. The van der Waals surface area contributed by atoms with Crippen molar-refractivity contribution >= 4 is 44.8 Å². The first kappa shape index (κ1) is 33.2. The molecule has 0 fully saturated rings. The molecule has 45 heavy (non-hydrogen) atoms. The summed E-state index contributed by atoms with van der Waals surface area (Å²) in [5, 5.41) is 15.0. The number of hydrogen-bond donors (Lipinski definition) is 1. The Balaban J connectivity index is 1.82. The van der Waals surface area contributed by atoms with Crippen LogP contribution in [0.25, 0.3) is 0 Å². The normalized spacial score (nSPS) is 11.9. The first-order chi connectivity index (χ1) is 21.5. The lowest BCUT2D eigenvalue weighted by atomic mass is 10.0. The molecule has 0 bridgehead atoms. The zero-order valence-corrected chi connectivity index (χ0v) is 26.3. The van der Waals surface area contributed by atoms with E-state index in [-0.39, 0.29) is 35.3 Å². The Morgan fingerprint density at radius 1 is 0.867 bits per heavy atom. The Bertz CT molecular complexity index is 1740. The van der Waals surface area contributed by atoms with Crippen LogP contribution in [0, 0.1) is 10.1 Å². The summed E-state index contributed by atoms with van der Waals surface area (Å²) in [5.41, 5.74) is 1.04. The molecule has 234 valence electrons. The highest BCUT2D eigenvalue weighted by Crippen LogP contribution is 2.28. The minimum atomic E-state index is -4.38. The molecule has 1 N–H and O–H groups in total. The van der Waals surface area contributed by atoms with E-state index in [1.54, 1.807) is 56.3 Å².